The molecule has 0 aliphatic carbocycles. The van der Waals surface area contributed by atoms with Crippen molar-refractivity contribution in [2.24, 2.45) is 0 Å². The van der Waals surface area contributed by atoms with Crippen molar-refractivity contribution >= 4 is 11.9 Å². The number of esters is 1. The van der Waals surface area contributed by atoms with Gasteiger partial charge in [-0.3, -0.25) is 9.59 Å². The molecule has 55 heavy (non-hydrogen) atoms. The van der Waals surface area contributed by atoms with E-state index in [-0.39, 0.29) is 24.9 Å². The Hall–Kier alpha value is -1.92. The molecule has 0 aromatic rings. The highest BCUT2D eigenvalue weighted by Gasteiger charge is 2.24. The minimum absolute atomic E-state index is 0.0714. The molecule has 0 aromatic heterocycles. The smallest absolute Gasteiger partial charge is 0.306 e. The van der Waals surface area contributed by atoms with E-state index < -0.39 is 18.2 Å². The molecule has 0 saturated carbocycles. The number of allylic oxidation sites excluding steroid dienone is 6. The van der Waals surface area contributed by atoms with Crippen LogP contribution >= 0.6 is 0 Å². The van der Waals surface area contributed by atoms with Crippen LogP contribution in [0.15, 0.2) is 36.5 Å². The number of aliphatic hydroxyl groups excluding tert-OH is 2. The quantitative estimate of drug-likeness (QED) is 0.0326. The number of carbonyl (C=O) groups is 2. The molecule has 0 bridgehead atoms. The van der Waals surface area contributed by atoms with Gasteiger partial charge in [0.2, 0.25) is 5.91 Å². The summed E-state index contributed by atoms with van der Waals surface area (Å²) in [5, 5.41) is 23.7. The minimum atomic E-state index is -0.787. The molecule has 0 rings (SSSR count). The highest BCUT2D eigenvalue weighted by atomic mass is 16.5. The number of amides is 1. The third kappa shape index (κ3) is 38.7. The molecule has 3 N–H and O–H groups in total. The predicted molar refractivity (Wildman–Crippen MR) is 236 cm³/mol. The summed E-state index contributed by atoms with van der Waals surface area (Å²) in [5.74, 6) is -0.495. The van der Waals surface area contributed by atoms with Crippen molar-refractivity contribution in [3.8, 4) is 0 Å². The first-order valence-corrected chi connectivity index (χ1v) is 23.7. The molecule has 0 aliphatic rings. The average Bonchev–Trinajstić information content (AvgIpc) is 3.18. The molecule has 0 fully saturated rings. The van der Waals surface area contributed by atoms with Crippen LogP contribution in [0.25, 0.3) is 0 Å². The lowest BCUT2D eigenvalue weighted by molar-refractivity contribution is -0.151. The van der Waals surface area contributed by atoms with Crippen LogP contribution < -0.4 is 5.32 Å². The van der Waals surface area contributed by atoms with Crippen LogP contribution in [0.4, 0.5) is 0 Å². The van der Waals surface area contributed by atoms with E-state index in [1.54, 1.807) is 0 Å². The first-order valence-electron chi connectivity index (χ1n) is 23.7. The van der Waals surface area contributed by atoms with Crippen LogP contribution in [-0.4, -0.2) is 46.9 Å². The highest BCUT2D eigenvalue weighted by Crippen LogP contribution is 2.18. The SMILES string of the molecule is CC/C=C/C/C=C/C/C=C/CCCCCCC(=O)OC(CCCCCCCCCCCC)CC(=O)NC(CO)C(O)CCCCCCCCCCCCCC. The molecular weight excluding hydrogens is 683 g/mol. The lowest BCUT2D eigenvalue weighted by Gasteiger charge is -2.24. The molecule has 322 valence electrons. The van der Waals surface area contributed by atoms with Crippen LogP contribution in [0.3, 0.4) is 0 Å². The maximum Gasteiger partial charge on any atom is 0.306 e. The standard InChI is InChI=1S/C49H91NO5/c1-4-7-10-13-16-19-22-24-25-27-30-33-36-39-42-49(54)55-45(40-37-34-31-28-21-18-15-12-9-6-3)43-48(53)50-46(44-51)47(52)41-38-35-32-29-26-23-20-17-14-11-8-5-2/h7,10,16,19,24-25,45-47,51-52H,4-6,8-9,11-15,17-18,20-23,26-44H2,1-3H3,(H,50,53)/b10-7+,19-16+,25-24+. The molecule has 6 heteroatoms. The molecule has 0 aromatic carbocycles. The van der Waals surface area contributed by atoms with Gasteiger partial charge in [-0.1, -0.05) is 205 Å². The summed E-state index contributed by atoms with van der Waals surface area (Å²) < 4.78 is 5.90. The molecule has 1 amide bonds. The Balaban J connectivity index is 4.56. The normalized spacial score (nSPS) is 13.6. The monoisotopic (exact) mass is 774 g/mol. The van der Waals surface area contributed by atoms with Gasteiger partial charge in [-0.05, 0) is 57.8 Å². The molecule has 0 saturated heterocycles. The molecule has 0 aliphatic heterocycles. The lowest BCUT2D eigenvalue weighted by atomic mass is 10.0. The summed E-state index contributed by atoms with van der Waals surface area (Å²) in [6.45, 7) is 6.35. The van der Waals surface area contributed by atoms with Gasteiger partial charge in [0.1, 0.15) is 6.10 Å². The Morgan fingerprint density at radius 2 is 0.982 bits per heavy atom. The molecule has 3 unspecified atom stereocenters. The Kier molecular flexibility index (Phi) is 41.7. The van der Waals surface area contributed by atoms with Gasteiger partial charge in [-0.2, -0.15) is 0 Å². The topological polar surface area (TPSA) is 95.9 Å². The van der Waals surface area contributed by atoms with Crippen molar-refractivity contribution in [2.45, 2.75) is 257 Å². The number of carbonyl (C=O) groups excluding carboxylic acids is 2. The second-order valence-electron chi connectivity index (χ2n) is 16.1. The van der Waals surface area contributed by atoms with E-state index in [4.69, 9.17) is 4.74 Å². The van der Waals surface area contributed by atoms with Gasteiger partial charge in [0.15, 0.2) is 0 Å². The minimum Gasteiger partial charge on any atom is -0.462 e. The van der Waals surface area contributed by atoms with E-state index in [1.807, 2.05) is 0 Å². The zero-order valence-electron chi connectivity index (χ0n) is 36.6. The number of aliphatic hydroxyl groups is 2. The maximum atomic E-state index is 13.1. The van der Waals surface area contributed by atoms with Gasteiger partial charge in [-0.25, -0.2) is 0 Å². The van der Waals surface area contributed by atoms with Gasteiger partial charge in [-0.15, -0.1) is 0 Å². The van der Waals surface area contributed by atoms with Crippen LogP contribution in [0.1, 0.15) is 239 Å². The lowest BCUT2D eigenvalue weighted by Crippen LogP contribution is -2.46. The van der Waals surface area contributed by atoms with Gasteiger partial charge in [0.05, 0.1) is 25.2 Å². The van der Waals surface area contributed by atoms with Crippen molar-refractivity contribution in [3.63, 3.8) is 0 Å². The first-order chi connectivity index (χ1) is 27.0. The summed E-state index contributed by atoms with van der Waals surface area (Å²) in [5.41, 5.74) is 0. The van der Waals surface area contributed by atoms with Crippen molar-refractivity contribution in [1.29, 1.82) is 0 Å². The largest absolute Gasteiger partial charge is 0.462 e. The summed E-state index contributed by atoms with van der Waals surface area (Å²) in [7, 11) is 0. The van der Waals surface area contributed by atoms with E-state index in [9.17, 15) is 19.8 Å². The number of rotatable bonds is 42. The molecule has 3 atom stereocenters. The van der Waals surface area contributed by atoms with E-state index in [0.29, 0.717) is 19.3 Å². The summed E-state index contributed by atoms with van der Waals surface area (Å²) in [6, 6.07) is -0.701. The fraction of sp³-hybridized carbons (Fsp3) is 0.837. The number of hydrogen-bond acceptors (Lipinski definition) is 5. The van der Waals surface area contributed by atoms with Gasteiger partial charge in [0, 0.05) is 6.42 Å². The molecule has 0 spiro atoms. The van der Waals surface area contributed by atoms with E-state index >= 15 is 0 Å². The van der Waals surface area contributed by atoms with Crippen molar-refractivity contribution in [3.05, 3.63) is 36.5 Å². The molecule has 0 heterocycles. The number of hydrogen-bond donors (Lipinski definition) is 3. The molecular formula is C49H91NO5. The zero-order chi connectivity index (χ0) is 40.3. The van der Waals surface area contributed by atoms with Crippen LogP contribution in [-0.2, 0) is 14.3 Å². The van der Waals surface area contributed by atoms with E-state index in [1.165, 1.54) is 109 Å². The van der Waals surface area contributed by atoms with Crippen molar-refractivity contribution < 1.29 is 24.5 Å². The molecule has 0 radical (unpaired) electrons. The molecule has 6 nitrogen and oxygen atoms in total. The third-order valence-electron chi connectivity index (χ3n) is 10.7. The van der Waals surface area contributed by atoms with Gasteiger partial charge < -0.3 is 20.3 Å². The second-order valence-corrected chi connectivity index (χ2v) is 16.1. The van der Waals surface area contributed by atoms with Crippen molar-refractivity contribution in [2.75, 3.05) is 6.61 Å². The van der Waals surface area contributed by atoms with Gasteiger partial charge in [0.25, 0.3) is 0 Å². The Labute approximate surface area is 341 Å². The Morgan fingerprint density at radius 1 is 0.545 bits per heavy atom. The Bertz CT molecular complexity index is 915. The fourth-order valence-electron chi connectivity index (χ4n) is 7.15. The first kappa shape index (κ1) is 53.1. The second kappa shape index (κ2) is 43.2. The number of unbranched alkanes of at least 4 members (excludes halogenated alkanes) is 24. The average molecular weight is 774 g/mol. The summed E-state index contributed by atoms with van der Waals surface area (Å²) in [4.78, 5) is 26.0. The number of ether oxygens (including phenoxy) is 1. The van der Waals surface area contributed by atoms with Crippen LogP contribution in [0, 0.1) is 0 Å². The summed E-state index contributed by atoms with van der Waals surface area (Å²) >= 11 is 0. The van der Waals surface area contributed by atoms with Gasteiger partial charge >= 0.3 is 5.97 Å². The van der Waals surface area contributed by atoms with Crippen molar-refractivity contribution in [1.82, 2.24) is 5.32 Å². The van der Waals surface area contributed by atoms with Crippen LogP contribution in [0.2, 0.25) is 0 Å². The maximum absolute atomic E-state index is 13.1. The number of nitrogens with one attached hydrogen (secondary N) is 1. The highest BCUT2D eigenvalue weighted by molar-refractivity contribution is 5.77. The van der Waals surface area contributed by atoms with E-state index in [0.717, 1.165) is 83.5 Å². The fourth-order valence-corrected chi connectivity index (χ4v) is 7.15. The van der Waals surface area contributed by atoms with Crippen LogP contribution in [0.5, 0.6) is 0 Å². The Morgan fingerprint density at radius 3 is 1.49 bits per heavy atom. The zero-order valence-corrected chi connectivity index (χ0v) is 36.6. The van der Waals surface area contributed by atoms with E-state index in [2.05, 4.69) is 62.5 Å². The predicted octanol–water partition coefficient (Wildman–Crippen LogP) is 13.7. The summed E-state index contributed by atoms with van der Waals surface area (Å²) in [6.07, 6.45) is 49.1. The third-order valence-corrected chi connectivity index (χ3v) is 10.7.